The number of carbonyl (C=O) groups excluding carboxylic acids is 1. The zero-order valence-electron chi connectivity index (χ0n) is 9.85. The third kappa shape index (κ3) is 3.97. The van der Waals surface area contributed by atoms with Gasteiger partial charge in [0.25, 0.3) is 0 Å². The number of amides is 1. The van der Waals surface area contributed by atoms with Gasteiger partial charge in [-0.3, -0.25) is 14.9 Å². The molecule has 1 aromatic carbocycles. The van der Waals surface area contributed by atoms with Crippen LogP contribution in [0.15, 0.2) is 24.3 Å². The Hall–Kier alpha value is -2.24. The summed E-state index contributed by atoms with van der Waals surface area (Å²) in [6, 6.07) is 4.00. The minimum atomic E-state index is -0.849. The van der Waals surface area contributed by atoms with Gasteiger partial charge in [-0.1, -0.05) is 24.3 Å². The number of rotatable bonds is 5. The van der Waals surface area contributed by atoms with Crippen LogP contribution in [0.2, 0.25) is 0 Å². The second kappa shape index (κ2) is 6.48. The van der Waals surface area contributed by atoms with Crippen molar-refractivity contribution >= 4 is 17.7 Å². The maximum absolute atomic E-state index is 13.6. The van der Waals surface area contributed by atoms with Crippen molar-refractivity contribution in [1.82, 2.24) is 5.32 Å². The molecule has 5 nitrogen and oxygen atoms in total. The fourth-order valence-electron chi connectivity index (χ4n) is 1.35. The van der Waals surface area contributed by atoms with Gasteiger partial charge in [-0.2, -0.15) is 4.39 Å². The van der Waals surface area contributed by atoms with Crippen LogP contribution in [-0.4, -0.2) is 17.4 Å². The molecule has 0 atom stereocenters. The Morgan fingerprint density at radius 2 is 2.28 bits per heavy atom. The molecule has 1 rings (SSSR count). The number of nitro benzene ring substituents is 1. The summed E-state index contributed by atoms with van der Waals surface area (Å²) in [6.07, 6.45) is 3.64. The molecule has 0 heterocycles. The lowest BCUT2D eigenvalue weighted by Gasteiger charge is -1.99. The highest BCUT2D eigenvalue weighted by molar-refractivity contribution is 5.72. The number of carbonyl (C=O) groups is 1. The highest BCUT2D eigenvalue weighted by atomic mass is 19.1. The summed E-state index contributed by atoms with van der Waals surface area (Å²) in [5.74, 6) is -0.983. The van der Waals surface area contributed by atoms with Crippen molar-refractivity contribution < 1.29 is 14.1 Å². The molecular weight excluding hydrogens is 239 g/mol. The lowest BCUT2D eigenvalue weighted by atomic mass is 10.1. The molecule has 1 aromatic rings. The molecule has 6 heteroatoms. The standard InChI is InChI=1S/C12H13FN2O3/c1-9(16)14-8-3-2-5-10-6-4-7-11(12(10)13)15(17)18/h2,4-7H,3,8H2,1H3,(H,14,16). The van der Waals surface area contributed by atoms with E-state index in [0.717, 1.165) is 6.07 Å². The van der Waals surface area contributed by atoms with E-state index in [1.807, 2.05) is 0 Å². The molecule has 0 radical (unpaired) electrons. The first-order chi connectivity index (χ1) is 8.52. The van der Waals surface area contributed by atoms with E-state index in [0.29, 0.717) is 13.0 Å². The van der Waals surface area contributed by atoms with E-state index in [-0.39, 0.29) is 11.5 Å². The molecule has 96 valence electrons. The predicted octanol–water partition coefficient (Wildman–Crippen LogP) is 2.27. The van der Waals surface area contributed by atoms with E-state index in [9.17, 15) is 19.3 Å². The summed E-state index contributed by atoms with van der Waals surface area (Å²) in [6.45, 7) is 1.85. The van der Waals surface area contributed by atoms with Crippen molar-refractivity contribution in [3.63, 3.8) is 0 Å². The summed E-state index contributed by atoms with van der Waals surface area (Å²) in [5, 5.41) is 13.1. The van der Waals surface area contributed by atoms with Gasteiger partial charge in [0.05, 0.1) is 4.92 Å². The smallest absolute Gasteiger partial charge is 0.305 e. The van der Waals surface area contributed by atoms with E-state index in [2.05, 4.69) is 5.32 Å². The third-order valence-electron chi connectivity index (χ3n) is 2.19. The van der Waals surface area contributed by atoms with Gasteiger partial charge in [0, 0.05) is 25.1 Å². The second-order valence-electron chi connectivity index (χ2n) is 3.61. The van der Waals surface area contributed by atoms with Gasteiger partial charge in [-0.15, -0.1) is 0 Å². The largest absolute Gasteiger partial charge is 0.356 e. The van der Waals surface area contributed by atoms with Crippen LogP contribution in [0.3, 0.4) is 0 Å². The maximum Gasteiger partial charge on any atom is 0.305 e. The normalized spacial score (nSPS) is 10.6. The van der Waals surface area contributed by atoms with Crippen LogP contribution in [-0.2, 0) is 4.79 Å². The quantitative estimate of drug-likeness (QED) is 0.496. The number of halogens is 1. The molecule has 1 amide bonds. The van der Waals surface area contributed by atoms with Gasteiger partial charge >= 0.3 is 5.69 Å². The number of benzene rings is 1. The molecule has 0 fully saturated rings. The van der Waals surface area contributed by atoms with E-state index in [1.54, 1.807) is 6.08 Å². The Labute approximate surface area is 103 Å². The molecule has 0 saturated carbocycles. The molecule has 1 N–H and O–H groups in total. The van der Waals surface area contributed by atoms with Crippen LogP contribution >= 0.6 is 0 Å². The van der Waals surface area contributed by atoms with Crippen molar-refractivity contribution in [3.8, 4) is 0 Å². The second-order valence-corrected chi connectivity index (χ2v) is 3.61. The summed E-state index contributed by atoms with van der Waals surface area (Å²) >= 11 is 0. The van der Waals surface area contributed by atoms with E-state index >= 15 is 0 Å². The molecule has 0 bridgehead atoms. The zero-order chi connectivity index (χ0) is 13.5. The number of nitro groups is 1. The lowest BCUT2D eigenvalue weighted by molar-refractivity contribution is -0.387. The van der Waals surface area contributed by atoms with Gasteiger partial charge in [0.1, 0.15) is 0 Å². The zero-order valence-corrected chi connectivity index (χ0v) is 9.85. The molecule has 0 aromatic heterocycles. The molecule has 0 aliphatic heterocycles. The average molecular weight is 252 g/mol. The molecule has 0 aliphatic carbocycles. The van der Waals surface area contributed by atoms with Crippen LogP contribution < -0.4 is 5.32 Å². The molecule has 0 unspecified atom stereocenters. The van der Waals surface area contributed by atoms with Gasteiger partial charge < -0.3 is 5.32 Å². The number of hydrogen-bond donors (Lipinski definition) is 1. The van der Waals surface area contributed by atoms with Crippen molar-refractivity contribution in [2.45, 2.75) is 13.3 Å². The predicted molar refractivity (Wildman–Crippen MR) is 65.4 cm³/mol. The Balaban J connectivity index is 2.67. The maximum atomic E-state index is 13.6. The molecular formula is C12H13FN2O3. The minimum Gasteiger partial charge on any atom is -0.356 e. The van der Waals surface area contributed by atoms with Crippen LogP contribution in [0.25, 0.3) is 6.08 Å². The molecule has 0 spiro atoms. The van der Waals surface area contributed by atoms with E-state index in [1.165, 1.54) is 25.1 Å². The summed E-state index contributed by atoms with van der Waals surface area (Å²) < 4.78 is 13.6. The highest BCUT2D eigenvalue weighted by Gasteiger charge is 2.15. The lowest BCUT2D eigenvalue weighted by Crippen LogP contribution is -2.20. The van der Waals surface area contributed by atoms with Crippen LogP contribution in [0.5, 0.6) is 0 Å². The van der Waals surface area contributed by atoms with Crippen LogP contribution in [0, 0.1) is 15.9 Å². The van der Waals surface area contributed by atoms with E-state index in [4.69, 9.17) is 0 Å². The molecule has 0 aliphatic rings. The van der Waals surface area contributed by atoms with Crippen LogP contribution in [0.4, 0.5) is 10.1 Å². The Kier molecular flexibility index (Phi) is 4.98. The molecule has 18 heavy (non-hydrogen) atoms. The monoisotopic (exact) mass is 252 g/mol. The summed E-state index contributed by atoms with van der Waals surface area (Å²) in [7, 11) is 0. The SMILES string of the molecule is CC(=O)NCCC=Cc1cccc([N+](=O)[O-])c1F. The fourth-order valence-corrected chi connectivity index (χ4v) is 1.35. The molecule has 0 saturated heterocycles. The Morgan fingerprint density at radius 1 is 1.56 bits per heavy atom. The minimum absolute atomic E-state index is 0.134. The summed E-state index contributed by atoms with van der Waals surface area (Å²) in [5.41, 5.74) is -0.383. The number of nitrogens with zero attached hydrogens (tertiary/aromatic N) is 1. The highest BCUT2D eigenvalue weighted by Crippen LogP contribution is 2.21. The Morgan fingerprint density at radius 3 is 2.89 bits per heavy atom. The van der Waals surface area contributed by atoms with Gasteiger partial charge in [-0.25, -0.2) is 0 Å². The Bertz CT molecular complexity index is 486. The first-order valence-electron chi connectivity index (χ1n) is 5.36. The van der Waals surface area contributed by atoms with Crippen molar-refractivity contribution in [2.75, 3.05) is 6.54 Å². The van der Waals surface area contributed by atoms with E-state index < -0.39 is 16.4 Å². The fraction of sp³-hybridized carbons (Fsp3) is 0.250. The number of nitrogens with one attached hydrogen (secondary N) is 1. The average Bonchev–Trinajstić information content (AvgIpc) is 2.30. The number of hydrogen-bond acceptors (Lipinski definition) is 3. The van der Waals surface area contributed by atoms with Crippen molar-refractivity contribution in [1.29, 1.82) is 0 Å². The van der Waals surface area contributed by atoms with Gasteiger partial charge in [0.2, 0.25) is 11.7 Å². The van der Waals surface area contributed by atoms with Crippen molar-refractivity contribution in [3.05, 3.63) is 45.8 Å². The van der Waals surface area contributed by atoms with Crippen LogP contribution in [0.1, 0.15) is 18.9 Å². The topological polar surface area (TPSA) is 72.2 Å². The van der Waals surface area contributed by atoms with Gasteiger partial charge in [0.15, 0.2) is 0 Å². The first kappa shape index (κ1) is 13.8. The third-order valence-corrected chi connectivity index (χ3v) is 2.19. The van der Waals surface area contributed by atoms with Crippen molar-refractivity contribution in [2.24, 2.45) is 0 Å². The summed E-state index contributed by atoms with van der Waals surface area (Å²) in [4.78, 5) is 20.3. The first-order valence-corrected chi connectivity index (χ1v) is 5.36. The van der Waals surface area contributed by atoms with Gasteiger partial charge in [-0.05, 0) is 6.42 Å².